The molecular weight excluding hydrogens is 149 g/mol. The summed E-state index contributed by atoms with van der Waals surface area (Å²) in [5.74, 6) is -0.402. The molecule has 0 amide bonds. The van der Waals surface area contributed by atoms with E-state index in [1.54, 1.807) is 0 Å². The van der Waals surface area contributed by atoms with Crippen LogP contribution in [0, 0.1) is 0 Å². The zero-order valence-corrected chi connectivity index (χ0v) is 5.33. The highest BCUT2D eigenvalue weighted by Crippen LogP contribution is 2.33. The molecule has 44 valence electrons. The van der Waals surface area contributed by atoms with Crippen molar-refractivity contribution in [3.63, 3.8) is 0 Å². The van der Waals surface area contributed by atoms with Crippen LogP contribution in [0.5, 0.6) is 0 Å². The lowest BCUT2D eigenvalue weighted by atomic mass is 10.0. The van der Waals surface area contributed by atoms with Gasteiger partial charge in [-0.1, -0.05) is 23.2 Å². The fourth-order valence-corrected chi connectivity index (χ4v) is 0.894. The van der Waals surface area contributed by atoms with Gasteiger partial charge in [-0.15, -0.1) is 0 Å². The van der Waals surface area contributed by atoms with E-state index in [1.807, 2.05) is 0 Å². The molecule has 0 aromatic heterocycles. The lowest BCUT2D eigenvalue weighted by molar-refractivity contribution is -0.116. The van der Waals surface area contributed by atoms with Crippen molar-refractivity contribution in [2.75, 3.05) is 0 Å². The van der Waals surface area contributed by atoms with Crippen LogP contribution in [0.2, 0.25) is 0 Å². The van der Waals surface area contributed by atoms with Gasteiger partial charge in [-0.3, -0.25) is 4.79 Å². The van der Waals surface area contributed by atoms with E-state index in [4.69, 9.17) is 28.9 Å². The Morgan fingerprint density at radius 1 is 1.62 bits per heavy atom. The average molecular weight is 152 g/mol. The Hall–Kier alpha value is -0.210. The predicted octanol–water partition coefficient (Wildman–Crippen LogP) is 0.586. The monoisotopic (exact) mass is 151 g/mol. The number of carbonyl (C=O) groups excluding carboxylic acids is 1. The second-order valence-corrected chi connectivity index (χ2v) is 2.94. The maximum absolute atomic E-state index is 10.4. The average Bonchev–Trinajstić information content (AvgIpc) is 1.65. The summed E-state index contributed by atoms with van der Waals surface area (Å²) in [7, 11) is 0. The Morgan fingerprint density at radius 2 is 2.12 bits per heavy atom. The van der Waals surface area contributed by atoms with Gasteiger partial charge in [0.15, 0.2) is 0 Å². The lowest BCUT2D eigenvalue weighted by Crippen LogP contribution is -2.38. The minimum atomic E-state index is -1.33. The Labute approximate surface area is 56.2 Å². The third-order valence-corrected chi connectivity index (χ3v) is 1.46. The van der Waals surface area contributed by atoms with Crippen LogP contribution in [-0.4, -0.2) is 10.1 Å². The number of rotatable bonds is 0. The van der Waals surface area contributed by atoms with Crippen LogP contribution in [0.3, 0.4) is 0 Å². The van der Waals surface area contributed by atoms with Crippen LogP contribution in [0.25, 0.3) is 0 Å². The van der Waals surface area contributed by atoms with Gasteiger partial charge in [0.1, 0.15) is 0 Å². The zero-order valence-electron chi connectivity index (χ0n) is 3.82. The molecule has 0 spiro atoms. The second-order valence-electron chi connectivity index (χ2n) is 1.55. The first kappa shape index (κ1) is 5.92. The van der Waals surface area contributed by atoms with Crippen LogP contribution in [0.1, 0.15) is 0 Å². The molecule has 1 aliphatic rings. The van der Waals surface area contributed by atoms with Crippen LogP contribution in [0.4, 0.5) is 0 Å². The van der Waals surface area contributed by atoms with Gasteiger partial charge in [0.25, 0.3) is 0 Å². The molecule has 0 fully saturated rings. The van der Waals surface area contributed by atoms with Gasteiger partial charge in [-0.05, 0) is 6.08 Å². The van der Waals surface area contributed by atoms with Crippen molar-refractivity contribution in [3.05, 3.63) is 11.8 Å². The van der Waals surface area contributed by atoms with E-state index in [2.05, 4.69) is 0 Å². The van der Waals surface area contributed by atoms with Crippen molar-refractivity contribution >= 4 is 29.0 Å². The molecular formula is C4H3Cl2NO. The number of halogens is 2. The first-order valence-corrected chi connectivity index (χ1v) is 2.70. The summed E-state index contributed by atoms with van der Waals surface area (Å²) in [6.45, 7) is 0. The predicted molar refractivity (Wildman–Crippen MR) is 31.7 cm³/mol. The molecule has 0 aromatic carbocycles. The van der Waals surface area contributed by atoms with Crippen LogP contribution in [0.15, 0.2) is 11.8 Å². The van der Waals surface area contributed by atoms with Gasteiger partial charge >= 0.3 is 0 Å². The molecule has 0 aromatic rings. The molecule has 8 heavy (non-hydrogen) atoms. The molecule has 0 aliphatic heterocycles. The first-order valence-electron chi connectivity index (χ1n) is 1.95. The normalized spacial score (nSPS) is 24.2. The highest BCUT2D eigenvalue weighted by Gasteiger charge is 2.41. The van der Waals surface area contributed by atoms with E-state index < -0.39 is 10.1 Å². The Kier molecular flexibility index (Phi) is 1.03. The van der Waals surface area contributed by atoms with Crippen molar-refractivity contribution in [2.45, 2.75) is 4.33 Å². The molecule has 2 nitrogen and oxygen atoms in total. The standard InChI is InChI=1S/C4H3Cl2NO/c5-4(6)1-2(7)3(4)8/h1H,7H2. The maximum Gasteiger partial charge on any atom is 0.218 e. The lowest BCUT2D eigenvalue weighted by Gasteiger charge is -2.22. The number of Topliss-reactive ketones (excluding diaryl/α,β-unsaturated/α-hetero) is 1. The van der Waals surface area contributed by atoms with Crippen molar-refractivity contribution in [1.82, 2.24) is 0 Å². The quantitative estimate of drug-likeness (QED) is 0.516. The van der Waals surface area contributed by atoms with Crippen LogP contribution >= 0.6 is 23.2 Å². The minimum Gasteiger partial charge on any atom is -0.396 e. The third-order valence-electron chi connectivity index (χ3n) is 0.902. The number of alkyl halides is 2. The van der Waals surface area contributed by atoms with Gasteiger partial charge in [0, 0.05) is 0 Å². The Morgan fingerprint density at radius 3 is 2.12 bits per heavy atom. The van der Waals surface area contributed by atoms with Gasteiger partial charge < -0.3 is 5.73 Å². The summed E-state index contributed by atoms with van der Waals surface area (Å²) in [5.41, 5.74) is 5.19. The van der Waals surface area contributed by atoms with E-state index in [9.17, 15) is 4.79 Å². The van der Waals surface area contributed by atoms with Gasteiger partial charge in [-0.25, -0.2) is 0 Å². The first-order chi connectivity index (χ1) is 3.54. The topological polar surface area (TPSA) is 43.1 Å². The van der Waals surface area contributed by atoms with E-state index >= 15 is 0 Å². The smallest absolute Gasteiger partial charge is 0.218 e. The number of hydrogen-bond donors (Lipinski definition) is 1. The molecule has 4 heteroatoms. The van der Waals surface area contributed by atoms with E-state index in [-0.39, 0.29) is 5.70 Å². The highest BCUT2D eigenvalue weighted by atomic mass is 35.5. The molecule has 0 heterocycles. The summed E-state index contributed by atoms with van der Waals surface area (Å²) in [5, 5.41) is 0. The number of nitrogens with two attached hydrogens (primary N) is 1. The Balaban J connectivity index is 2.90. The number of hydrogen-bond acceptors (Lipinski definition) is 2. The highest BCUT2D eigenvalue weighted by molar-refractivity contribution is 6.63. The maximum atomic E-state index is 10.4. The number of ketones is 1. The van der Waals surface area contributed by atoms with Crippen molar-refractivity contribution in [3.8, 4) is 0 Å². The van der Waals surface area contributed by atoms with Crippen LogP contribution < -0.4 is 5.73 Å². The number of carbonyl (C=O) groups is 1. The van der Waals surface area contributed by atoms with E-state index in [0.29, 0.717) is 0 Å². The molecule has 0 radical (unpaired) electrons. The van der Waals surface area contributed by atoms with E-state index in [0.717, 1.165) is 0 Å². The summed E-state index contributed by atoms with van der Waals surface area (Å²) in [4.78, 5) is 10.4. The summed E-state index contributed by atoms with van der Waals surface area (Å²) in [6.07, 6.45) is 1.30. The molecule has 1 rings (SSSR count). The molecule has 0 unspecified atom stereocenters. The SMILES string of the molecule is NC1=CC(Cl)(Cl)C1=O. The summed E-state index contributed by atoms with van der Waals surface area (Å²) >= 11 is 10.6. The largest absolute Gasteiger partial charge is 0.396 e. The molecule has 1 aliphatic carbocycles. The number of allylic oxidation sites excluding steroid dienone is 2. The minimum absolute atomic E-state index is 0.148. The molecule has 0 saturated heterocycles. The summed E-state index contributed by atoms with van der Waals surface area (Å²) < 4.78 is -1.33. The third kappa shape index (κ3) is 0.607. The molecule has 0 atom stereocenters. The van der Waals surface area contributed by atoms with Crippen molar-refractivity contribution < 1.29 is 4.79 Å². The molecule has 0 bridgehead atoms. The molecule has 0 saturated carbocycles. The van der Waals surface area contributed by atoms with E-state index in [1.165, 1.54) is 6.08 Å². The van der Waals surface area contributed by atoms with Crippen molar-refractivity contribution in [1.29, 1.82) is 0 Å². The van der Waals surface area contributed by atoms with Crippen LogP contribution in [-0.2, 0) is 4.79 Å². The Bertz CT molecular complexity index is 173. The fraction of sp³-hybridized carbons (Fsp3) is 0.250. The van der Waals surface area contributed by atoms with Crippen molar-refractivity contribution in [2.24, 2.45) is 5.73 Å². The summed E-state index contributed by atoms with van der Waals surface area (Å²) in [6, 6.07) is 0. The van der Waals surface area contributed by atoms with Gasteiger partial charge in [0.05, 0.1) is 5.70 Å². The van der Waals surface area contributed by atoms with Gasteiger partial charge in [-0.2, -0.15) is 0 Å². The molecule has 2 N–H and O–H groups in total. The fourth-order valence-electron chi connectivity index (χ4n) is 0.441. The van der Waals surface area contributed by atoms with Gasteiger partial charge in [0.2, 0.25) is 10.1 Å². The zero-order chi connectivity index (χ0) is 6.36. The second kappa shape index (κ2) is 1.39.